The van der Waals surface area contributed by atoms with E-state index >= 15 is 0 Å². The molecule has 0 spiro atoms. The summed E-state index contributed by atoms with van der Waals surface area (Å²) >= 11 is 0. The summed E-state index contributed by atoms with van der Waals surface area (Å²) < 4.78 is 11.0. The van der Waals surface area contributed by atoms with Gasteiger partial charge < -0.3 is 9.67 Å². The van der Waals surface area contributed by atoms with Gasteiger partial charge in [0.2, 0.25) is 0 Å². The smallest absolute Gasteiger partial charge is 0.142 e. The number of nitrogens with one attached hydrogen (secondary N) is 1. The predicted molar refractivity (Wildman–Crippen MR) is 39.1 cm³/mol. The number of aliphatic hydroxyl groups excluding tert-OH is 1. The number of hydrogen-bond donors (Lipinski definition) is 2. The van der Waals surface area contributed by atoms with Gasteiger partial charge in [0.05, 0.1) is 6.61 Å². The summed E-state index contributed by atoms with van der Waals surface area (Å²) in [5.41, 5.74) is 0. The van der Waals surface area contributed by atoms with Crippen molar-refractivity contribution in [3.8, 4) is 0 Å². The van der Waals surface area contributed by atoms with Gasteiger partial charge in [0.25, 0.3) is 0 Å². The Morgan fingerprint density at radius 3 is 2.22 bits per heavy atom. The van der Waals surface area contributed by atoms with Crippen LogP contribution in [0.2, 0.25) is 0 Å². The van der Waals surface area contributed by atoms with Gasteiger partial charge >= 0.3 is 0 Å². The monoisotopic (exact) mass is 151 g/mol. The van der Waals surface area contributed by atoms with Gasteiger partial charge in [0, 0.05) is 19.4 Å². The number of hydrogen-bond acceptors (Lipinski definition) is 2. The van der Waals surface area contributed by atoms with Gasteiger partial charge in [-0.2, -0.15) is 0 Å². The third-order valence-corrected chi connectivity index (χ3v) is 1.87. The maximum absolute atomic E-state index is 11.0. The second-order valence-electron chi connectivity index (χ2n) is 2.56. The fourth-order valence-electron chi connectivity index (χ4n) is 0.572. The second-order valence-corrected chi connectivity index (χ2v) is 5.52. The predicted octanol–water partition coefficient (Wildman–Crippen LogP) is 0.495. The molecule has 0 fully saturated rings. The van der Waals surface area contributed by atoms with E-state index in [9.17, 15) is 4.57 Å². The first kappa shape index (κ1) is 9.15. The molecule has 0 bridgehead atoms. The van der Waals surface area contributed by atoms with Crippen LogP contribution in [-0.4, -0.2) is 31.1 Å². The SMILES string of the molecule is C[C@H](CO)NP(C)(C)=O. The highest BCUT2D eigenvalue weighted by molar-refractivity contribution is 7.60. The lowest BCUT2D eigenvalue weighted by Gasteiger charge is -2.13. The van der Waals surface area contributed by atoms with E-state index in [0.717, 1.165) is 0 Å². The van der Waals surface area contributed by atoms with Gasteiger partial charge in [0.15, 0.2) is 0 Å². The zero-order valence-corrected chi connectivity index (χ0v) is 6.98. The van der Waals surface area contributed by atoms with E-state index in [-0.39, 0.29) is 12.6 Å². The molecule has 0 aromatic carbocycles. The van der Waals surface area contributed by atoms with Gasteiger partial charge in [-0.1, -0.05) is 0 Å². The Labute approximate surface area is 55.9 Å². The molecule has 3 nitrogen and oxygen atoms in total. The summed E-state index contributed by atoms with van der Waals surface area (Å²) in [6.45, 7) is 5.10. The maximum Gasteiger partial charge on any atom is 0.142 e. The Kier molecular flexibility index (Phi) is 3.41. The fraction of sp³-hybridized carbons (Fsp3) is 1.00. The van der Waals surface area contributed by atoms with Crippen molar-refractivity contribution in [1.82, 2.24) is 5.09 Å². The lowest BCUT2D eigenvalue weighted by atomic mass is 10.4. The van der Waals surface area contributed by atoms with Crippen molar-refractivity contribution in [3.05, 3.63) is 0 Å². The topological polar surface area (TPSA) is 49.3 Å². The Morgan fingerprint density at radius 1 is 1.67 bits per heavy atom. The molecule has 0 aromatic rings. The minimum Gasteiger partial charge on any atom is -0.395 e. The molecule has 0 aliphatic rings. The van der Waals surface area contributed by atoms with E-state index in [4.69, 9.17) is 5.11 Å². The largest absolute Gasteiger partial charge is 0.395 e. The van der Waals surface area contributed by atoms with E-state index in [1.165, 1.54) is 0 Å². The van der Waals surface area contributed by atoms with Crippen molar-refractivity contribution in [1.29, 1.82) is 0 Å². The summed E-state index contributed by atoms with van der Waals surface area (Å²) in [6, 6.07) is -0.0640. The van der Waals surface area contributed by atoms with Crippen LogP contribution < -0.4 is 5.09 Å². The van der Waals surface area contributed by atoms with Gasteiger partial charge in [-0.25, -0.2) is 0 Å². The molecule has 0 aliphatic heterocycles. The molecule has 0 radical (unpaired) electrons. The van der Waals surface area contributed by atoms with Gasteiger partial charge in [-0.15, -0.1) is 0 Å². The highest BCUT2D eigenvalue weighted by Gasteiger charge is 2.09. The summed E-state index contributed by atoms with van der Waals surface area (Å²) in [7, 11) is -2.15. The van der Waals surface area contributed by atoms with Crippen LogP contribution in [-0.2, 0) is 4.57 Å². The third-order valence-electron chi connectivity index (χ3n) is 0.805. The molecule has 2 N–H and O–H groups in total. The van der Waals surface area contributed by atoms with Crippen LogP contribution in [0, 0.1) is 0 Å². The Balaban J connectivity index is 3.60. The zero-order chi connectivity index (χ0) is 7.49. The van der Waals surface area contributed by atoms with Crippen molar-refractivity contribution in [2.45, 2.75) is 13.0 Å². The first-order chi connectivity index (χ1) is 3.95. The Hall–Kier alpha value is 0.150. The second kappa shape index (κ2) is 3.35. The molecule has 9 heavy (non-hydrogen) atoms. The standard InChI is InChI=1S/C5H14NO2P/c1-5(4-7)6-9(2,3)8/h5,7H,4H2,1-3H3,(H,6,8)/t5-/m1/s1. The molecule has 0 saturated carbocycles. The third kappa shape index (κ3) is 6.03. The van der Waals surface area contributed by atoms with E-state index in [1.54, 1.807) is 20.3 Å². The van der Waals surface area contributed by atoms with E-state index < -0.39 is 7.29 Å². The van der Waals surface area contributed by atoms with Gasteiger partial charge in [-0.05, 0) is 6.92 Å². The van der Waals surface area contributed by atoms with Crippen molar-refractivity contribution in [2.24, 2.45) is 0 Å². The number of aliphatic hydroxyl groups is 1. The van der Waals surface area contributed by atoms with E-state index in [1.807, 2.05) is 0 Å². The van der Waals surface area contributed by atoms with Crippen molar-refractivity contribution < 1.29 is 9.67 Å². The molecule has 0 saturated heterocycles. The van der Waals surface area contributed by atoms with Crippen LogP contribution in [0.15, 0.2) is 0 Å². The van der Waals surface area contributed by atoms with Crippen molar-refractivity contribution >= 4 is 7.29 Å². The summed E-state index contributed by atoms with van der Waals surface area (Å²) in [5.74, 6) is 0. The van der Waals surface area contributed by atoms with Crippen LogP contribution in [0.4, 0.5) is 0 Å². The van der Waals surface area contributed by atoms with E-state index in [2.05, 4.69) is 5.09 Å². The van der Waals surface area contributed by atoms with Crippen molar-refractivity contribution in [2.75, 3.05) is 19.9 Å². The summed E-state index contributed by atoms with van der Waals surface area (Å²) in [5, 5.41) is 11.3. The molecule has 0 rings (SSSR count). The molecular weight excluding hydrogens is 137 g/mol. The van der Waals surface area contributed by atoms with Gasteiger partial charge in [-0.3, -0.25) is 5.09 Å². The molecule has 0 heterocycles. The van der Waals surface area contributed by atoms with Crippen LogP contribution in [0.1, 0.15) is 6.92 Å². The molecule has 0 amide bonds. The highest BCUT2D eigenvalue weighted by atomic mass is 31.2. The molecule has 1 atom stereocenters. The molecule has 56 valence electrons. The van der Waals surface area contributed by atoms with E-state index in [0.29, 0.717) is 0 Å². The normalized spacial score (nSPS) is 15.6. The fourth-order valence-corrected chi connectivity index (χ4v) is 1.71. The lowest BCUT2D eigenvalue weighted by Crippen LogP contribution is -2.25. The summed E-state index contributed by atoms with van der Waals surface area (Å²) in [6.07, 6.45) is 0. The molecular formula is C5H14NO2P. The maximum atomic E-state index is 11.0. The highest BCUT2D eigenvalue weighted by Crippen LogP contribution is 2.30. The van der Waals surface area contributed by atoms with Crippen LogP contribution in [0.25, 0.3) is 0 Å². The van der Waals surface area contributed by atoms with Crippen LogP contribution in [0.5, 0.6) is 0 Å². The first-order valence-corrected chi connectivity index (χ1v) is 5.49. The molecule has 0 aromatic heterocycles. The van der Waals surface area contributed by atoms with Crippen molar-refractivity contribution in [3.63, 3.8) is 0 Å². The van der Waals surface area contributed by atoms with Crippen LogP contribution >= 0.6 is 7.29 Å². The number of rotatable bonds is 3. The average Bonchev–Trinajstić information content (AvgIpc) is 1.62. The minimum atomic E-state index is -2.15. The minimum absolute atomic E-state index is 0.0334. The first-order valence-electron chi connectivity index (χ1n) is 2.89. The quantitative estimate of drug-likeness (QED) is 0.577. The van der Waals surface area contributed by atoms with Gasteiger partial charge in [0.1, 0.15) is 7.29 Å². The Morgan fingerprint density at radius 2 is 2.11 bits per heavy atom. The molecule has 0 unspecified atom stereocenters. The Bertz CT molecular complexity index is 120. The molecule has 0 aliphatic carbocycles. The zero-order valence-electron chi connectivity index (χ0n) is 6.09. The summed E-state index contributed by atoms with van der Waals surface area (Å²) in [4.78, 5) is 0. The molecule has 4 heteroatoms. The lowest BCUT2D eigenvalue weighted by molar-refractivity contribution is 0.265. The average molecular weight is 151 g/mol. The van der Waals surface area contributed by atoms with Crippen LogP contribution in [0.3, 0.4) is 0 Å².